The second kappa shape index (κ2) is 6.42. The van der Waals surface area contributed by atoms with Crippen LogP contribution in [0.3, 0.4) is 0 Å². The van der Waals surface area contributed by atoms with Crippen LogP contribution in [0.2, 0.25) is 0 Å². The second-order valence-electron chi connectivity index (χ2n) is 4.89. The number of carbonyl (C=O) groups excluding carboxylic acids is 1. The Morgan fingerprint density at radius 3 is 2.67 bits per heavy atom. The first-order chi connectivity index (χ1) is 9.88. The van der Waals surface area contributed by atoms with E-state index in [9.17, 15) is 13.2 Å². The molecule has 1 fully saturated rings. The molecule has 0 radical (unpaired) electrons. The van der Waals surface area contributed by atoms with Gasteiger partial charge in [0.25, 0.3) is 0 Å². The van der Waals surface area contributed by atoms with Crippen LogP contribution in [0.5, 0.6) is 0 Å². The first-order valence-corrected chi connectivity index (χ1v) is 8.18. The molecular weight excluding hydrogens is 294 g/mol. The first kappa shape index (κ1) is 15.7. The summed E-state index contributed by atoms with van der Waals surface area (Å²) in [5, 5.41) is 7.95. The number of hydrogen-bond acceptors (Lipinski definition) is 4. The van der Waals surface area contributed by atoms with E-state index in [4.69, 9.17) is 9.88 Å². The average Bonchev–Trinajstić information content (AvgIpc) is 2.47. The molecule has 21 heavy (non-hydrogen) atoms. The molecule has 1 aromatic rings. The highest BCUT2D eigenvalue weighted by atomic mass is 32.2. The summed E-state index contributed by atoms with van der Waals surface area (Å²) in [5.41, 5.74) is 0.683. The maximum Gasteiger partial charge on any atom is 0.318 e. The van der Waals surface area contributed by atoms with Crippen LogP contribution in [0.1, 0.15) is 18.5 Å². The normalized spacial score (nSPS) is 17.3. The lowest BCUT2D eigenvalue weighted by Gasteiger charge is -2.28. The van der Waals surface area contributed by atoms with Crippen molar-refractivity contribution in [3.05, 3.63) is 29.8 Å². The lowest BCUT2D eigenvalue weighted by atomic mass is 10.1. The molecule has 8 heteroatoms. The third kappa shape index (κ3) is 4.16. The summed E-state index contributed by atoms with van der Waals surface area (Å²) in [6.07, 6.45) is 0. The Morgan fingerprint density at radius 1 is 1.38 bits per heavy atom. The number of sulfonamides is 1. The SMILES string of the molecule is CC(NC(=O)N1CCOCC1)c1cccc(S(N)(=O)=O)c1. The fourth-order valence-electron chi connectivity index (χ4n) is 2.09. The van der Waals surface area contributed by atoms with Crippen LogP contribution in [-0.2, 0) is 14.8 Å². The van der Waals surface area contributed by atoms with Gasteiger partial charge in [0.2, 0.25) is 10.0 Å². The molecule has 0 bridgehead atoms. The van der Waals surface area contributed by atoms with E-state index >= 15 is 0 Å². The summed E-state index contributed by atoms with van der Waals surface area (Å²) >= 11 is 0. The van der Waals surface area contributed by atoms with Gasteiger partial charge in [0.15, 0.2) is 0 Å². The summed E-state index contributed by atoms with van der Waals surface area (Å²) in [6, 6.07) is 5.74. The molecule has 116 valence electrons. The van der Waals surface area contributed by atoms with Crippen LogP contribution >= 0.6 is 0 Å². The Kier molecular flexibility index (Phi) is 4.81. The van der Waals surface area contributed by atoms with Crippen molar-refractivity contribution < 1.29 is 17.9 Å². The van der Waals surface area contributed by atoms with E-state index in [1.807, 2.05) is 0 Å². The monoisotopic (exact) mass is 313 g/mol. The number of nitrogens with zero attached hydrogens (tertiary/aromatic N) is 1. The van der Waals surface area contributed by atoms with Crippen molar-refractivity contribution in [2.45, 2.75) is 17.9 Å². The van der Waals surface area contributed by atoms with Crippen LogP contribution < -0.4 is 10.5 Å². The van der Waals surface area contributed by atoms with Crippen molar-refractivity contribution in [1.29, 1.82) is 0 Å². The zero-order valence-electron chi connectivity index (χ0n) is 11.8. The van der Waals surface area contributed by atoms with Crippen LogP contribution in [0.15, 0.2) is 29.2 Å². The molecule has 1 aliphatic rings. The van der Waals surface area contributed by atoms with Crippen LogP contribution in [0, 0.1) is 0 Å². The van der Waals surface area contributed by atoms with Crippen molar-refractivity contribution in [2.24, 2.45) is 5.14 Å². The molecule has 1 unspecified atom stereocenters. The largest absolute Gasteiger partial charge is 0.378 e. The van der Waals surface area contributed by atoms with Gasteiger partial charge in [-0.05, 0) is 24.6 Å². The smallest absolute Gasteiger partial charge is 0.318 e. The fraction of sp³-hybridized carbons (Fsp3) is 0.462. The molecular formula is C13H19N3O4S. The molecule has 2 rings (SSSR count). The molecule has 7 nitrogen and oxygen atoms in total. The van der Waals surface area contributed by atoms with Crippen LogP contribution in [0.25, 0.3) is 0 Å². The zero-order valence-corrected chi connectivity index (χ0v) is 12.6. The summed E-state index contributed by atoms with van der Waals surface area (Å²) < 4.78 is 27.9. The first-order valence-electron chi connectivity index (χ1n) is 6.64. The maximum absolute atomic E-state index is 12.1. The summed E-state index contributed by atoms with van der Waals surface area (Å²) in [7, 11) is -3.75. The topological polar surface area (TPSA) is 102 Å². The Labute approximate surface area is 124 Å². The molecule has 1 aliphatic heterocycles. The van der Waals surface area contributed by atoms with Gasteiger partial charge in [-0.15, -0.1) is 0 Å². The van der Waals surface area contributed by atoms with E-state index in [-0.39, 0.29) is 17.0 Å². The van der Waals surface area contributed by atoms with Gasteiger partial charge in [0, 0.05) is 13.1 Å². The molecule has 0 spiro atoms. The highest BCUT2D eigenvalue weighted by Crippen LogP contribution is 2.17. The molecule has 0 aliphatic carbocycles. The van der Waals surface area contributed by atoms with Gasteiger partial charge in [-0.2, -0.15) is 0 Å². The molecule has 1 atom stereocenters. The van der Waals surface area contributed by atoms with E-state index < -0.39 is 10.0 Å². The lowest BCUT2D eigenvalue weighted by Crippen LogP contribution is -2.46. The standard InChI is InChI=1S/C13H19N3O4S/c1-10(15-13(17)16-5-7-20-8-6-16)11-3-2-4-12(9-11)21(14,18)19/h2-4,9-10H,5-8H2,1H3,(H,15,17)(H2,14,18,19). The number of urea groups is 1. The van der Waals surface area contributed by atoms with Crippen molar-refractivity contribution >= 4 is 16.1 Å². The van der Waals surface area contributed by atoms with Gasteiger partial charge in [0.05, 0.1) is 24.2 Å². The number of amides is 2. The number of hydrogen-bond donors (Lipinski definition) is 2. The second-order valence-corrected chi connectivity index (χ2v) is 6.45. The highest BCUT2D eigenvalue weighted by molar-refractivity contribution is 7.89. The Morgan fingerprint density at radius 2 is 2.05 bits per heavy atom. The molecule has 2 amide bonds. The fourth-order valence-corrected chi connectivity index (χ4v) is 2.66. The highest BCUT2D eigenvalue weighted by Gasteiger charge is 2.19. The Hall–Kier alpha value is -1.64. The van der Waals surface area contributed by atoms with E-state index in [1.165, 1.54) is 12.1 Å². The third-order valence-electron chi connectivity index (χ3n) is 3.32. The quantitative estimate of drug-likeness (QED) is 0.845. The molecule has 1 aromatic carbocycles. The van der Waals surface area contributed by atoms with E-state index in [2.05, 4.69) is 5.32 Å². The molecule has 1 saturated heterocycles. The third-order valence-corrected chi connectivity index (χ3v) is 4.24. The number of ether oxygens (including phenoxy) is 1. The number of morpholine rings is 1. The molecule has 0 saturated carbocycles. The number of benzene rings is 1. The van der Waals surface area contributed by atoms with Gasteiger partial charge in [0.1, 0.15) is 0 Å². The zero-order chi connectivity index (χ0) is 15.5. The van der Waals surface area contributed by atoms with Crippen LogP contribution in [0.4, 0.5) is 4.79 Å². The van der Waals surface area contributed by atoms with Gasteiger partial charge in [-0.3, -0.25) is 0 Å². The minimum absolute atomic E-state index is 0.0347. The molecule has 1 heterocycles. The molecule has 3 N–H and O–H groups in total. The average molecular weight is 313 g/mol. The number of rotatable bonds is 3. The summed E-state index contributed by atoms with van der Waals surface area (Å²) in [4.78, 5) is 13.8. The minimum atomic E-state index is -3.75. The molecule has 0 aromatic heterocycles. The van der Waals surface area contributed by atoms with Gasteiger partial charge in [-0.1, -0.05) is 12.1 Å². The Bertz CT molecular complexity index is 612. The maximum atomic E-state index is 12.1. The van der Waals surface area contributed by atoms with E-state index in [1.54, 1.807) is 24.0 Å². The van der Waals surface area contributed by atoms with Gasteiger partial charge in [-0.25, -0.2) is 18.4 Å². The van der Waals surface area contributed by atoms with Crippen molar-refractivity contribution in [3.63, 3.8) is 0 Å². The summed E-state index contributed by atoms with van der Waals surface area (Å²) in [5.74, 6) is 0. The number of nitrogens with two attached hydrogens (primary N) is 1. The van der Waals surface area contributed by atoms with Crippen molar-refractivity contribution in [3.8, 4) is 0 Å². The summed E-state index contributed by atoms with van der Waals surface area (Å²) in [6.45, 7) is 3.96. The van der Waals surface area contributed by atoms with Crippen LogP contribution in [-0.4, -0.2) is 45.7 Å². The predicted octanol–water partition coefficient (Wildman–Crippen LogP) is 0.437. The van der Waals surface area contributed by atoms with Crippen molar-refractivity contribution in [1.82, 2.24) is 10.2 Å². The number of nitrogens with one attached hydrogen (secondary N) is 1. The van der Waals surface area contributed by atoms with Crippen molar-refractivity contribution in [2.75, 3.05) is 26.3 Å². The minimum Gasteiger partial charge on any atom is -0.378 e. The van der Waals surface area contributed by atoms with Gasteiger partial charge < -0.3 is 15.0 Å². The predicted molar refractivity (Wildman–Crippen MR) is 77.2 cm³/mol. The lowest BCUT2D eigenvalue weighted by molar-refractivity contribution is 0.0526. The number of primary sulfonamides is 1. The van der Waals surface area contributed by atoms with E-state index in [0.717, 1.165) is 0 Å². The van der Waals surface area contributed by atoms with E-state index in [0.29, 0.717) is 31.9 Å². The Balaban J connectivity index is 2.06. The number of carbonyl (C=O) groups is 1. The van der Waals surface area contributed by atoms with Gasteiger partial charge >= 0.3 is 6.03 Å².